The van der Waals surface area contributed by atoms with Crippen molar-refractivity contribution in [3.05, 3.63) is 12.2 Å². The molecule has 2 unspecified atom stereocenters. The molecule has 0 aliphatic rings. The van der Waals surface area contributed by atoms with Gasteiger partial charge in [0, 0.05) is 12.8 Å². The zero-order chi connectivity index (χ0) is 51.4. The molecule has 1 amide bonds. The van der Waals surface area contributed by atoms with Gasteiger partial charge in [0.25, 0.3) is 0 Å². The van der Waals surface area contributed by atoms with Gasteiger partial charge < -0.3 is 20.3 Å². The highest BCUT2D eigenvalue weighted by Crippen LogP contribution is 2.18. The molecule has 0 bridgehead atoms. The third-order valence-corrected chi connectivity index (χ3v) is 15.3. The molecule has 0 aromatic carbocycles. The minimum Gasteiger partial charge on any atom is -0.466 e. The predicted octanol–water partition coefficient (Wildman–Crippen LogP) is 20.4. The van der Waals surface area contributed by atoms with Crippen LogP contribution in [0.15, 0.2) is 12.2 Å². The second-order valence-electron chi connectivity index (χ2n) is 22.5. The van der Waals surface area contributed by atoms with Crippen LogP contribution >= 0.6 is 0 Å². The van der Waals surface area contributed by atoms with E-state index in [1.807, 2.05) is 0 Å². The zero-order valence-corrected chi connectivity index (χ0v) is 48.2. The van der Waals surface area contributed by atoms with Crippen LogP contribution in [0.4, 0.5) is 0 Å². The van der Waals surface area contributed by atoms with Crippen molar-refractivity contribution < 1.29 is 24.5 Å². The van der Waals surface area contributed by atoms with Gasteiger partial charge in [-0.25, -0.2) is 0 Å². The summed E-state index contributed by atoms with van der Waals surface area (Å²) in [6.45, 7) is 4.96. The first-order valence-electron chi connectivity index (χ1n) is 32.4. The number of rotatable bonds is 61. The Kier molecular flexibility index (Phi) is 59.9. The predicted molar refractivity (Wildman–Crippen MR) is 310 cm³/mol. The van der Waals surface area contributed by atoms with Gasteiger partial charge in [-0.1, -0.05) is 315 Å². The Labute approximate surface area is 444 Å². The van der Waals surface area contributed by atoms with E-state index in [0.717, 1.165) is 51.4 Å². The highest BCUT2D eigenvalue weighted by atomic mass is 16.5. The van der Waals surface area contributed by atoms with Crippen LogP contribution in [0.1, 0.15) is 367 Å². The first kappa shape index (κ1) is 69.6. The fraction of sp³-hybridized carbons (Fsp3) is 0.938. The van der Waals surface area contributed by atoms with Crippen molar-refractivity contribution in [2.24, 2.45) is 0 Å². The number of carbonyl (C=O) groups excluding carboxylic acids is 2. The molecule has 0 aromatic rings. The third-order valence-electron chi connectivity index (χ3n) is 15.3. The largest absolute Gasteiger partial charge is 0.466 e. The second kappa shape index (κ2) is 61.1. The molecular formula is C65H127NO5. The maximum absolute atomic E-state index is 12.5. The average molecular weight is 1000 g/mol. The van der Waals surface area contributed by atoms with Crippen LogP contribution in [0.25, 0.3) is 0 Å². The summed E-state index contributed by atoms with van der Waals surface area (Å²) in [5.41, 5.74) is 0. The van der Waals surface area contributed by atoms with E-state index in [-0.39, 0.29) is 18.5 Å². The van der Waals surface area contributed by atoms with Gasteiger partial charge in [-0.2, -0.15) is 0 Å². The van der Waals surface area contributed by atoms with Crippen molar-refractivity contribution in [2.45, 2.75) is 379 Å². The number of hydrogen-bond acceptors (Lipinski definition) is 5. The van der Waals surface area contributed by atoms with Gasteiger partial charge in [0.2, 0.25) is 5.91 Å². The Hall–Kier alpha value is -1.40. The van der Waals surface area contributed by atoms with Crippen molar-refractivity contribution >= 4 is 11.9 Å². The smallest absolute Gasteiger partial charge is 0.305 e. The summed E-state index contributed by atoms with van der Waals surface area (Å²) in [7, 11) is 0. The molecule has 71 heavy (non-hydrogen) atoms. The van der Waals surface area contributed by atoms with Crippen LogP contribution < -0.4 is 5.32 Å². The number of nitrogens with one attached hydrogen (secondary N) is 1. The number of unbranched alkanes of at least 4 members (excludes halogenated alkanes) is 48. The number of aliphatic hydroxyl groups excluding tert-OH is 2. The molecule has 0 rings (SSSR count). The number of esters is 1. The van der Waals surface area contributed by atoms with E-state index in [1.54, 1.807) is 0 Å². The molecular weight excluding hydrogens is 875 g/mol. The van der Waals surface area contributed by atoms with E-state index < -0.39 is 12.1 Å². The molecule has 0 saturated heterocycles. The molecule has 0 saturated carbocycles. The van der Waals surface area contributed by atoms with Crippen LogP contribution in [-0.2, 0) is 14.3 Å². The SMILES string of the molecule is CCCCCCC/C=C\CCCCCCCC(=O)OCCCCCCCCCCCCCCCCCC(=O)NC(CO)C(O)CCCCCCCCCCCCCCCCCCCCCCCCCCC. The average Bonchev–Trinajstić information content (AvgIpc) is 3.37. The van der Waals surface area contributed by atoms with Crippen molar-refractivity contribution in [1.29, 1.82) is 0 Å². The molecule has 0 spiro atoms. The third kappa shape index (κ3) is 57.7. The number of hydrogen-bond donors (Lipinski definition) is 3. The number of allylic oxidation sites excluding steroid dienone is 2. The second-order valence-corrected chi connectivity index (χ2v) is 22.5. The summed E-state index contributed by atoms with van der Waals surface area (Å²) >= 11 is 0. The van der Waals surface area contributed by atoms with Gasteiger partial charge in [0.1, 0.15) is 0 Å². The summed E-state index contributed by atoms with van der Waals surface area (Å²) in [5, 5.41) is 23.4. The molecule has 0 heterocycles. The van der Waals surface area contributed by atoms with Crippen LogP contribution in [0, 0.1) is 0 Å². The van der Waals surface area contributed by atoms with Crippen molar-refractivity contribution in [2.75, 3.05) is 13.2 Å². The van der Waals surface area contributed by atoms with Crippen LogP contribution in [-0.4, -0.2) is 47.4 Å². The standard InChI is InChI=1S/C65H127NO5/c1-3-5-7-9-11-13-15-17-19-20-21-22-23-24-25-26-27-28-30-33-37-41-45-49-53-57-63(68)62(61-67)66-64(69)58-54-50-46-42-38-34-31-29-32-36-40-44-48-52-56-60-71-65(70)59-55-51-47-43-39-35-18-16-14-12-10-8-6-4-2/h16,18,62-63,67-68H,3-15,17,19-61H2,1-2H3,(H,66,69)/b18-16-. The Morgan fingerprint density at radius 3 is 1.00 bits per heavy atom. The molecule has 0 aromatic heterocycles. The van der Waals surface area contributed by atoms with E-state index in [9.17, 15) is 19.8 Å². The fourth-order valence-electron chi connectivity index (χ4n) is 10.3. The lowest BCUT2D eigenvalue weighted by Crippen LogP contribution is -2.45. The Balaban J connectivity index is 3.42. The molecule has 0 fully saturated rings. The highest BCUT2D eigenvalue weighted by Gasteiger charge is 2.20. The Bertz CT molecular complexity index is 1060. The summed E-state index contributed by atoms with van der Waals surface area (Å²) in [6.07, 6.45) is 73.7. The van der Waals surface area contributed by atoms with Gasteiger partial charge in [-0.15, -0.1) is 0 Å². The van der Waals surface area contributed by atoms with Gasteiger partial charge in [-0.3, -0.25) is 9.59 Å². The van der Waals surface area contributed by atoms with Crippen LogP contribution in [0.5, 0.6) is 0 Å². The fourth-order valence-corrected chi connectivity index (χ4v) is 10.3. The summed E-state index contributed by atoms with van der Waals surface area (Å²) in [6, 6.07) is -0.549. The van der Waals surface area contributed by atoms with E-state index in [0.29, 0.717) is 25.9 Å². The lowest BCUT2D eigenvalue weighted by molar-refractivity contribution is -0.143. The van der Waals surface area contributed by atoms with E-state index in [1.165, 1.54) is 283 Å². The first-order valence-corrected chi connectivity index (χ1v) is 32.4. The quantitative estimate of drug-likeness (QED) is 0.0320. The molecule has 0 aliphatic heterocycles. The minimum atomic E-state index is -0.671. The van der Waals surface area contributed by atoms with Crippen molar-refractivity contribution in [1.82, 2.24) is 5.32 Å². The number of amides is 1. The summed E-state index contributed by atoms with van der Waals surface area (Å²) < 4.78 is 5.47. The lowest BCUT2D eigenvalue weighted by Gasteiger charge is -2.22. The van der Waals surface area contributed by atoms with Gasteiger partial charge in [-0.05, 0) is 51.4 Å². The molecule has 2 atom stereocenters. The lowest BCUT2D eigenvalue weighted by atomic mass is 10.0. The Morgan fingerprint density at radius 1 is 0.380 bits per heavy atom. The zero-order valence-electron chi connectivity index (χ0n) is 48.2. The van der Waals surface area contributed by atoms with Gasteiger partial charge in [0.15, 0.2) is 0 Å². The number of aliphatic hydroxyl groups is 2. The summed E-state index contributed by atoms with van der Waals surface area (Å²) in [5.74, 6) is -0.0455. The van der Waals surface area contributed by atoms with E-state index >= 15 is 0 Å². The van der Waals surface area contributed by atoms with Crippen LogP contribution in [0.3, 0.4) is 0 Å². The van der Waals surface area contributed by atoms with Gasteiger partial charge in [0.05, 0.1) is 25.4 Å². The molecule has 422 valence electrons. The Morgan fingerprint density at radius 2 is 0.662 bits per heavy atom. The molecule has 3 N–H and O–H groups in total. The van der Waals surface area contributed by atoms with E-state index in [4.69, 9.17) is 4.74 Å². The molecule has 6 nitrogen and oxygen atoms in total. The number of ether oxygens (including phenoxy) is 1. The maximum Gasteiger partial charge on any atom is 0.305 e. The molecule has 6 heteroatoms. The van der Waals surface area contributed by atoms with Crippen molar-refractivity contribution in [3.63, 3.8) is 0 Å². The monoisotopic (exact) mass is 1000 g/mol. The van der Waals surface area contributed by atoms with Crippen molar-refractivity contribution in [3.8, 4) is 0 Å². The molecule has 0 radical (unpaired) electrons. The first-order chi connectivity index (χ1) is 35.0. The van der Waals surface area contributed by atoms with Crippen LogP contribution in [0.2, 0.25) is 0 Å². The van der Waals surface area contributed by atoms with Gasteiger partial charge >= 0.3 is 5.97 Å². The topological polar surface area (TPSA) is 95.9 Å². The highest BCUT2D eigenvalue weighted by molar-refractivity contribution is 5.76. The number of carbonyl (C=O) groups is 2. The minimum absolute atomic E-state index is 0.00646. The van der Waals surface area contributed by atoms with E-state index in [2.05, 4.69) is 31.3 Å². The maximum atomic E-state index is 12.5. The normalized spacial score (nSPS) is 12.6. The summed E-state index contributed by atoms with van der Waals surface area (Å²) in [4.78, 5) is 24.6. The molecule has 0 aliphatic carbocycles.